The zero-order valence-corrected chi connectivity index (χ0v) is 46.0. The maximum atomic E-state index is 13.0. The molecule has 2 aliphatic carbocycles. The molecular formula is C66H73N4O3S+. The normalized spacial score (nSPS) is 13.1. The molecule has 0 spiro atoms. The summed E-state index contributed by atoms with van der Waals surface area (Å²) in [5.74, 6) is 0. The Morgan fingerprint density at radius 3 is 1.72 bits per heavy atom. The molecule has 6 aromatic carbocycles. The van der Waals surface area contributed by atoms with E-state index in [-0.39, 0.29) is 10.3 Å². The van der Waals surface area contributed by atoms with Gasteiger partial charge >= 0.3 is 0 Å². The third-order valence-corrected chi connectivity index (χ3v) is 14.3. The van der Waals surface area contributed by atoms with E-state index in [0.717, 1.165) is 54.3 Å². The van der Waals surface area contributed by atoms with Crippen molar-refractivity contribution in [2.75, 3.05) is 51.1 Å². The average Bonchev–Trinajstić information content (AvgIpc) is 3.38. The molecule has 0 unspecified atom stereocenters. The van der Waals surface area contributed by atoms with E-state index < -0.39 is 10.1 Å². The van der Waals surface area contributed by atoms with E-state index in [2.05, 4.69) is 227 Å². The molecule has 6 aromatic rings. The highest BCUT2D eigenvalue weighted by atomic mass is 32.2. The van der Waals surface area contributed by atoms with Crippen molar-refractivity contribution in [2.24, 2.45) is 0 Å². The van der Waals surface area contributed by atoms with E-state index in [4.69, 9.17) is 0 Å². The smallest absolute Gasteiger partial charge is 0.294 e. The first kappa shape index (κ1) is 54.4. The molecule has 8 rings (SSSR count). The predicted octanol–water partition coefficient (Wildman–Crippen LogP) is 13.7. The number of rotatable bonds is 13. The lowest BCUT2D eigenvalue weighted by atomic mass is 9.84. The number of hydrogen-bond acceptors (Lipinski definition) is 4. The number of hydrogen-bond donors (Lipinski definition) is 1. The molecule has 0 radical (unpaired) electrons. The van der Waals surface area contributed by atoms with Crippen LogP contribution < -0.4 is 9.80 Å². The van der Waals surface area contributed by atoms with Gasteiger partial charge < -0.3 is 9.80 Å². The van der Waals surface area contributed by atoms with Gasteiger partial charge in [-0.1, -0.05) is 152 Å². The second kappa shape index (κ2) is 24.1. The lowest BCUT2D eigenvalue weighted by Gasteiger charge is -2.29. The molecule has 0 bridgehead atoms. The fourth-order valence-corrected chi connectivity index (χ4v) is 9.99. The van der Waals surface area contributed by atoms with Crippen molar-refractivity contribution >= 4 is 44.1 Å². The topological polar surface area (TPSA) is 66.9 Å². The van der Waals surface area contributed by atoms with Gasteiger partial charge in [-0.05, 0) is 114 Å². The summed E-state index contributed by atoms with van der Waals surface area (Å²) in [5, 5.41) is 0. The number of benzene rings is 6. The quantitative estimate of drug-likeness (QED) is 0.0709. The van der Waals surface area contributed by atoms with Crippen LogP contribution in [0.1, 0.15) is 84.7 Å². The molecule has 0 aromatic heterocycles. The summed E-state index contributed by atoms with van der Waals surface area (Å²) in [5.41, 5.74) is 17.6. The Hall–Kier alpha value is -7.39. The molecule has 380 valence electrons. The average molecular weight is 1000 g/mol. The molecule has 7 nitrogen and oxygen atoms in total. The van der Waals surface area contributed by atoms with Crippen LogP contribution in [-0.4, -0.2) is 74.8 Å². The van der Waals surface area contributed by atoms with Gasteiger partial charge in [0.1, 0.15) is 20.6 Å². The Bertz CT molecular complexity index is 3300. The van der Waals surface area contributed by atoms with Gasteiger partial charge in [0.25, 0.3) is 10.1 Å². The highest BCUT2D eigenvalue weighted by molar-refractivity contribution is 7.86. The first-order chi connectivity index (χ1) is 35.3. The van der Waals surface area contributed by atoms with E-state index in [1.165, 1.54) is 55.9 Å². The SMILES string of the molecule is CCN(Cc1cccc(C)c1)c1c[c-]c(C(=C2C=CC(=[N+](CC)Cc3cccc(C)c3)C=C2)c2ccc(C(C)(C)C)cc2S(=O)(=O)O)cc1.CN(C)c1ccc(C(=C2C=CC(=[N+](C)C)C=C2)c2ccccc2)cc1. The van der Waals surface area contributed by atoms with Crippen LogP contribution in [0.3, 0.4) is 0 Å². The zero-order valence-electron chi connectivity index (χ0n) is 45.2. The molecule has 8 heteroatoms. The van der Waals surface area contributed by atoms with E-state index in [0.29, 0.717) is 11.1 Å². The van der Waals surface area contributed by atoms with Crippen molar-refractivity contribution in [2.45, 2.75) is 71.9 Å². The molecule has 0 saturated carbocycles. The fourth-order valence-electron chi connectivity index (χ4n) is 9.26. The summed E-state index contributed by atoms with van der Waals surface area (Å²) >= 11 is 0. The van der Waals surface area contributed by atoms with Gasteiger partial charge in [-0.3, -0.25) is 4.55 Å². The van der Waals surface area contributed by atoms with E-state index in [9.17, 15) is 13.0 Å². The fraction of sp³-hybridized carbons (Fsp3) is 0.242. The minimum Gasteiger partial charge on any atom is -0.407 e. The molecule has 2 aliphatic rings. The van der Waals surface area contributed by atoms with Crippen LogP contribution in [0.2, 0.25) is 0 Å². The van der Waals surface area contributed by atoms with Crippen molar-refractivity contribution in [3.8, 4) is 0 Å². The monoisotopic (exact) mass is 1000 g/mol. The van der Waals surface area contributed by atoms with Crippen LogP contribution in [0, 0.1) is 19.9 Å². The predicted molar refractivity (Wildman–Crippen MR) is 312 cm³/mol. The maximum absolute atomic E-state index is 13.0. The molecule has 0 saturated heterocycles. The molecule has 0 aliphatic heterocycles. The molecule has 0 fully saturated rings. The van der Waals surface area contributed by atoms with Crippen LogP contribution in [0.25, 0.3) is 11.1 Å². The number of aryl methyl sites for hydroxylation is 2. The largest absolute Gasteiger partial charge is 0.407 e. The standard InChI is InChI=1S/C43H48N2O3S.C23H25N2/c1-8-44(29-33-14-10-12-31(3)26-33)38-21-16-35(17-22-38)42(40-25-20-37(43(5,6)7)28-41(40)49(46,47)48)36-18-23-39(24-19-36)45(9-2)30-34-15-11-13-32(4)27-34;1-24(2)21-14-10-19(11-15-21)23(18-8-6-5-7-9-18)20-12-16-22(17-13-20)25(3)4/h10-18,20-28H,8-9,29-30H2,1-7H3,(H,46,47,48);5-17H,1-4H3/q;+1. The third kappa shape index (κ3) is 13.8. The van der Waals surface area contributed by atoms with Gasteiger partial charge in [-0.15, -0.1) is 29.8 Å². The minimum atomic E-state index is -4.56. The maximum Gasteiger partial charge on any atom is 0.294 e. The highest BCUT2D eigenvalue weighted by Crippen LogP contribution is 2.37. The van der Waals surface area contributed by atoms with Crippen molar-refractivity contribution < 1.29 is 22.1 Å². The lowest BCUT2D eigenvalue weighted by Crippen LogP contribution is -2.22. The highest BCUT2D eigenvalue weighted by Gasteiger charge is 2.24. The van der Waals surface area contributed by atoms with E-state index in [1.807, 2.05) is 57.2 Å². The van der Waals surface area contributed by atoms with Crippen LogP contribution in [0.4, 0.5) is 11.4 Å². The molecule has 1 N–H and O–H groups in total. The summed E-state index contributed by atoms with van der Waals surface area (Å²) in [6.45, 7) is 17.8. The van der Waals surface area contributed by atoms with Crippen molar-refractivity contribution in [1.82, 2.24) is 0 Å². The summed E-state index contributed by atoms with van der Waals surface area (Å²) in [7, 11) is 3.71. The zero-order chi connectivity index (χ0) is 53.2. The van der Waals surface area contributed by atoms with Crippen LogP contribution in [0.5, 0.6) is 0 Å². The molecule has 0 amide bonds. The van der Waals surface area contributed by atoms with E-state index in [1.54, 1.807) is 6.07 Å². The summed E-state index contributed by atoms with van der Waals surface area (Å²) in [6, 6.07) is 51.3. The van der Waals surface area contributed by atoms with Gasteiger partial charge in [0, 0.05) is 62.7 Å². The van der Waals surface area contributed by atoms with Gasteiger partial charge in [-0.2, -0.15) is 8.42 Å². The Morgan fingerprint density at radius 1 is 0.622 bits per heavy atom. The summed E-state index contributed by atoms with van der Waals surface area (Å²) < 4.78 is 40.9. The van der Waals surface area contributed by atoms with Crippen molar-refractivity contribution in [3.63, 3.8) is 0 Å². The Labute approximate surface area is 442 Å². The minimum absolute atomic E-state index is 0.110. The van der Waals surface area contributed by atoms with Crippen LogP contribution in [0.15, 0.2) is 204 Å². The number of anilines is 2. The molecule has 74 heavy (non-hydrogen) atoms. The second-order valence-corrected chi connectivity index (χ2v) is 21.8. The molecular weight excluding hydrogens is 929 g/mol. The third-order valence-electron chi connectivity index (χ3n) is 13.4. The van der Waals surface area contributed by atoms with Gasteiger partial charge in [-0.25, -0.2) is 9.15 Å². The Kier molecular flexibility index (Phi) is 17.7. The van der Waals surface area contributed by atoms with Crippen molar-refractivity contribution in [3.05, 3.63) is 255 Å². The van der Waals surface area contributed by atoms with Crippen molar-refractivity contribution in [1.29, 1.82) is 0 Å². The van der Waals surface area contributed by atoms with Gasteiger partial charge in [0.2, 0.25) is 0 Å². The molecule has 0 heterocycles. The lowest BCUT2D eigenvalue weighted by molar-refractivity contribution is -0.539. The Morgan fingerprint density at radius 2 is 1.19 bits per heavy atom. The second-order valence-electron chi connectivity index (χ2n) is 20.4. The van der Waals surface area contributed by atoms with Gasteiger partial charge in [0.15, 0.2) is 18.0 Å². The molecule has 0 atom stereocenters. The van der Waals surface area contributed by atoms with Crippen LogP contribution in [-0.2, 0) is 28.6 Å². The number of allylic oxidation sites excluding steroid dienone is 10. The summed E-state index contributed by atoms with van der Waals surface area (Å²) in [4.78, 5) is 4.30. The summed E-state index contributed by atoms with van der Waals surface area (Å²) in [6.07, 6.45) is 17.0. The first-order valence-electron chi connectivity index (χ1n) is 25.5. The first-order valence-corrected chi connectivity index (χ1v) is 27.0. The Balaban J connectivity index is 0.000000267. The van der Waals surface area contributed by atoms with Crippen LogP contribution >= 0.6 is 0 Å². The van der Waals surface area contributed by atoms with E-state index >= 15 is 0 Å². The van der Waals surface area contributed by atoms with Gasteiger partial charge in [0.05, 0.1) is 4.90 Å². The number of nitrogens with zero attached hydrogens (tertiary/aromatic N) is 4.